The van der Waals surface area contributed by atoms with E-state index in [1.54, 1.807) is 11.9 Å². The zero-order chi connectivity index (χ0) is 22.4. The molecule has 2 atom stereocenters. The van der Waals surface area contributed by atoms with E-state index in [4.69, 9.17) is 16.3 Å². The Hall–Kier alpha value is -0.880. The minimum atomic E-state index is -0.935. The molecule has 6 heteroatoms. The molecule has 0 saturated carbocycles. The van der Waals surface area contributed by atoms with Gasteiger partial charge in [0.1, 0.15) is 5.76 Å². The first-order valence-corrected chi connectivity index (χ1v) is 12.5. The van der Waals surface area contributed by atoms with Gasteiger partial charge in [0.15, 0.2) is 5.06 Å². The molecule has 2 unspecified atom stereocenters. The van der Waals surface area contributed by atoms with E-state index < -0.39 is 5.06 Å². The van der Waals surface area contributed by atoms with Crippen molar-refractivity contribution in [1.29, 1.82) is 0 Å². The highest BCUT2D eigenvalue weighted by Crippen LogP contribution is 2.37. The smallest absolute Gasteiger partial charge is 0.198 e. The van der Waals surface area contributed by atoms with E-state index >= 15 is 0 Å². The molecule has 0 aliphatic heterocycles. The molecule has 0 aromatic rings. The van der Waals surface area contributed by atoms with Crippen LogP contribution in [0.2, 0.25) is 0 Å². The Bertz CT molecular complexity index is 606. The number of alkyl halides is 1. The second kappa shape index (κ2) is 15.0. The van der Waals surface area contributed by atoms with Crippen LogP contribution in [0.4, 0.5) is 0 Å². The quantitative estimate of drug-likeness (QED) is 0.176. The second-order valence-corrected chi connectivity index (χ2v) is 9.51. The fourth-order valence-corrected chi connectivity index (χ4v) is 4.30. The molecule has 0 aromatic heterocycles. The van der Waals surface area contributed by atoms with Gasteiger partial charge in [-0.15, -0.1) is 0 Å². The zero-order valence-electron chi connectivity index (χ0n) is 19.4. The molecule has 0 heterocycles. The molecule has 1 aliphatic carbocycles. The summed E-state index contributed by atoms with van der Waals surface area (Å²) in [5, 5.41) is 9.28. The Morgan fingerprint density at radius 2 is 1.93 bits per heavy atom. The monoisotopic (exact) mass is 456 g/mol. The van der Waals surface area contributed by atoms with Gasteiger partial charge in [0.05, 0.1) is 11.9 Å². The van der Waals surface area contributed by atoms with E-state index in [-0.39, 0.29) is 11.9 Å². The largest absolute Gasteiger partial charge is 0.472 e. The lowest BCUT2D eigenvalue weighted by Gasteiger charge is -2.35. The maximum absolute atomic E-state index is 10.1. The van der Waals surface area contributed by atoms with Crippen LogP contribution in [0.25, 0.3) is 0 Å². The van der Waals surface area contributed by atoms with Crippen LogP contribution in [0, 0.1) is 0 Å². The lowest BCUT2D eigenvalue weighted by atomic mass is 9.99. The lowest BCUT2D eigenvalue weighted by molar-refractivity contribution is 0.125. The van der Waals surface area contributed by atoms with Crippen molar-refractivity contribution in [2.45, 2.75) is 77.0 Å². The van der Waals surface area contributed by atoms with Gasteiger partial charge < -0.3 is 14.7 Å². The van der Waals surface area contributed by atoms with Crippen molar-refractivity contribution < 1.29 is 9.84 Å². The summed E-state index contributed by atoms with van der Waals surface area (Å²) in [4.78, 5) is 2.41. The summed E-state index contributed by atoms with van der Waals surface area (Å²) >= 11 is 8.32. The first-order valence-electron chi connectivity index (χ1n) is 11.3. The third-order valence-corrected chi connectivity index (χ3v) is 6.21. The van der Waals surface area contributed by atoms with Crippen molar-refractivity contribution in [3.05, 3.63) is 47.4 Å². The van der Waals surface area contributed by atoms with Crippen molar-refractivity contribution in [2.75, 3.05) is 26.2 Å². The highest BCUT2D eigenvalue weighted by atomic mass is 35.5. The molecule has 0 radical (unpaired) electrons. The highest BCUT2D eigenvalue weighted by Gasteiger charge is 2.31. The van der Waals surface area contributed by atoms with Gasteiger partial charge in [0.25, 0.3) is 0 Å². The van der Waals surface area contributed by atoms with Crippen LogP contribution in [0.5, 0.6) is 0 Å². The highest BCUT2D eigenvalue weighted by molar-refractivity contribution is 7.98. The van der Waals surface area contributed by atoms with E-state index in [0.29, 0.717) is 0 Å². The summed E-state index contributed by atoms with van der Waals surface area (Å²) in [6, 6.07) is 0. The number of hydrogen-bond donors (Lipinski definition) is 2. The van der Waals surface area contributed by atoms with Gasteiger partial charge in [-0.25, -0.2) is 0 Å². The molecule has 1 rings (SSSR count). The third kappa shape index (κ3) is 9.51. The Morgan fingerprint density at radius 1 is 1.27 bits per heavy atom. The van der Waals surface area contributed by atoms with Crippen LogP contribution >= 0.6 is 23.5 Å². The maximum Gasteiger partial charge on any atom is 0.198 e. The molecule has 0 fully saturated rings. The number of nitrogens with one attached hydrogen (secondary N) is 1. The number of ether oxygens (including phenoxy) is 1. The van der Waals surface area contributed by atoms with Crippen molar-refractivity contribution in [2.24, 2.45) is 0 Å². The fourth-order valence-electron chi connectivity index (χ4n) is 3.25. The Labute approximate surface area is 193 Å². The summed E-state index contributed by atoms with van der Waals surface area (Å²) in [7, 11) is 0. The SMILES string of the molecule is C/C=C\C=C/C(C)(Cl)OC1=CC(N(CCCC)CCCC)=C(CO)CC1SNCC. The topological polar surface area (TPSA) is 44.7 Å². The maximum atomic E-state index is 10.1. The molecule has 4 nitrogen and oxygen atoms in total. The summed E-state index contributed by atoms with van der Waals surface area (Å²) in [6.45, 7) is 13.2. The van der Waals surface area contributed by atoms with Crippen molar-refractivity contribution >= 4 is 23.5 Å². The third-order valence-electron chi connectivity index (χ3n) is 4.87. The van der Waals surface area contributed by atoms with Crippen LogP contribution in [0.15, 0.2) is 47.4 Å². The Kier molecular flexibility index (Phi) is 13.6. The number of halogens is 1. The molecular formula is C24H41ClN2O2S. The van der Waals surface area contributed by atoms with Crippen molar-refractivity contribution in [3.8, 4) is 0 Å². The molecule has 172 valence electrons. The molecule has 0 bridgehead atoms. The van der Waals surface area contributed by atoms with Gasteiger partial charge in [-0.3, -0.25) is 4.72 Å². The van der Waals surface area contributed by atoms with Crippen LogP contribution in [0.1, 0.15) is 66.7 Å². The molecular weight excluding hydrogens is 416 g/mol. The number of allylic oxidation sites excluding steroid dienone is 4. The van der Waals surface area contributed by atoms with Crippen LogP contribution < -0.4 is 4.72 Å². The number of aliphatic hydroxyl groups excluding tert-OH is 1. The summed E-state index contributed by atoms with van der Waals surface area (Å²) in [6.07, 6.45) is 15.1. The van der Waals surface area contributed by atoms with E-state index in [9.17, 15) is 5.11 Å². The van der Waals surface area contributed by atoms with E-state index in [1.807, 2.05) is 38.2 Å². The van der Waals surface area contributed by atoms with Gasteiger partial charge in [-0.1, -0.05) is 75.4 Å². The van der Waals surface area contributed by atoms with Crippen LogP contribution in [0.3, 0.4) is 0 Å². The molecule has 30 heavy (non-hydrogen) atoms. The van der Waals surface area contributed by atoms with Gasteiger partial charge in [0, 0.05) is 31.4 Å². The minimum absolute atomic E-state index is 0.0659. The average molecular weight is 457 g/mol. The zero-order valence-corrected chi connectivity index (χ0v) is 21.0. The summed E-state index contributed by atoms with van der Waals surface area (Å²) in [5.74, 6) is 0.855. The van der Waals surface area contributed by atoms with Gasteiger partial charge >= 0.3 is 0 Å². The van der Waals surface area contributed by atoms with Gasteiger partial charge in [-0.2, -0.15) is 0 Å². The number of hydrogen-bond acceptors (Lipinski definition) is 5. The first-order chi connectivity index (χ1) is 14.4. The number of aliphatic hydroxyl groups is 1. The van der Waals surface area contributed by atoms with Crippen molar-refractivity contribution in [3.63, 3.8) is 0 Å². The van der Waals surface area contributed by atoms with Crippen LogP contribution in [-0.4, -0.2) is 46.6 Å². The molecule has 0 amide bonds. The molecule has 0 aromatic carbocycles. The number of rotatable bonds is 15. The minimum Gasteiger partial charge on any atom is -0.472 e. The second-order valence-electron chi connectivity index (χ2n) is 7.67. The fraction of sp³-hybridized carbons (Fsp3) is 0.667. The first kappa shape index (κ1) is 27.2. The molecule has 0 spiro atoms. The normalized spacial score (nSPS) is 19.4. The summed E-state index contributed by atoms with van der Waals surface area (Å²) < 4.78 is 9.67. The average Bonchev–Trinajstić information content (AvgIpc) is 2.72. The van der Waals surface area contributed by atoms with Crippen LogP contribution in [-0.2, 0) is 4.74 Å². The summed E-state index contributed by atoms with van der Waals surface area (Å²) in [5.41, 5.74) is 2.18. The number of nitrogens with zero attached hydrogens (tertiary/aromatic N) is 1. The number of unbranched alkanes of at least 4 members (excludes halogenated alkanes) is 2. The van der Waals surface area contributed by atoms with Gasteiger partial charge in [0.2, 0.25) is 0 Å². The van der Waals surface area contributed by atoms with E-state index in [1.165, 1.54) is 0 Å². The molecule has 1 aliphatic rings. The Balaban J connectivity index is 3.24. The van der Waals surface area contributed by atoms with Crippen molar-refractivity contribution in [1.82, 2.24) is 9.62 Å². The van der Waals surface area contributed by atoms with Gasteiger partial charge in [-0.05, 0) is 44.8 Å². The molecule has 2 N–H and O–H groups in total. The molecule has 0 saturated heterocycles. The standard InChI is InChI=1S/C24H41ClN2O2S/c1-6-10-13-14-24(5,25)29-22-18-21(27(15-11-7-2)16-12-8-3)20(19-28)17-23(22)30-26-9-4/h6,10,13-14,18,23,26,28H,7-9,11-12,15-17,19H2,1-5H3/b10-6-,14-13-. The predicted octanol–water partition coefficient (Wildman–Crippen LogP) is 6.15. The predicted molar refractivity (Wildman–Crippen MR) is 133 cm³/mol. The van der Waals surface area contributed by atoms with E-state index in [2.05, 4.69) is 36.5 Å². The lowest BCUT2D eigenvalue weighted by Crippen LogP contribution is -2.32. The Morgan fingerprint density at radius 3 is 2.47 bits per heavy atom. The van der Waals surface area contributed by atoms with E-state index in [0.717, 1.165) is 68.8 Å².